The van der Waals surface area contributed by atoms with Gasteiger partial charge in [0, 0.05) is 23.9 Å². The molecule has 0 aliphatic heterocycles. The fourth-order valence-electron chi connectivity index (χ4n) is 2.78. The molecule has 0 fully saturated rings. The molecule has 2 amide bonds. The first-order valence-corrected chi connectivity index (χ1v) is 9.03. The smallest absolute Gasteiger partial charge is 0.240 e. The summed E-state index contributed by atoms with van der Waals surface area (Å²) in [6.07, 6.45) is 1.47. The highest BCUT2D eigenvalue weighted by atomic mass is 16.5. The second kappa shape index (κ2) is 9.36. The molecule has 0 atom stereocenters. The Morgan fingerprint density at radius 3 is 2.62 bits per heavy atom. The van der Waals surface area contributed by atoms with E-state index in [9.17, 15) is 14.7 Å². The molecule has 0 heterocycles. The van der Waals surface area contributed by atoms with Gasteiger partial charge in [0.1, 0.15) is 0 Å². The lowest BCUT2D eigenvalue weighted by Crippen LogP contribution is -2.20. The summed E-state index contributed by atoms with van der Waals surface area (Å²) in [5.74, 6) is -0.292. The molecule has 0 saturated heterocycles. The molecule has 0 aliphatic carbocycles. The van der Waals surface area contributed by atoms with Gasteiger partial charge in [0.25, 0.3) is 0 Å². The quantitative estimate of drug-likeness (QED) is 0.424. The number of hydrogen-bond acceptors (Lipinski definition) is 5. The zero-order valence-electron chi connectivity index (χ0n) is 15.9. The van der Waals surface area contributed by atoms with Crippen molar-refractivity contribution in [2.45, 2.75) is 12.8 Å². The third kappa shape index (κ3) is 5.32. The van der Waals surface area contributed by atoms with E-state index in [1.54, 1.807) is 12.1 Å². The lowest BCUT2D eigenvalue weighted by molar-refractivity contribution is -0.124. The number of benzene rings is 3. The molecule has 29 heavy (non-hydrogen) atoms. The van der Waals surface area contributed by atoms with E-state index >= 15 is 0 Å². The summed E-state index contributed by atoms with van der Waals surface area (Å²) in [4.78, 5) is 24.1. The lowest BCUT2D eigenvalue weighted by atomic mass is 10.1. The molecule has 7 heteroatoms. The number of hydrazone groups is 1. The fourth-order valence-corrected chi connectivity index (χ4v) is 2.78. The van der Waals surface area contributed by atoms with Crippen LogP contribution in [0.1, 0.15) is 18.4 Å². The van der Waals surface area contributed by atoms with Crippen molar-refractivity contribution in [3.8, 4) is 11.5 Å². The molecular formula is C22H21N3O4. The predicted octanol–water partition coefficient (Wildman–Crippen LogP) is 3.42. The number of fused-ring (bicyclic) bond motifs is 1. The van der Waals surface area contributed by atoms with E-state index in [4.69, 9.17) is 4.74 Å². The molecule has 148 valence electrons. The number of carbonyl (C=O) groups excluding carboxylic acids is 2. The summed E-state index contributed by atoms with van der Waals surface area (Å²) in [6, 6.07) is 18.1. The van der Waals surface area contributed by atoms with Crippen LogP contribution in [0.25, 0.3) is 10.8 Å². The van der Waals surface area contributed by atoms with E-state index < -0.39 is 0 Å². The molecule has 0 aromatic heterocycles. The third-order valence-electron chi connectivity index (χ3n) is 4.25. The number of ether oxygens (including phenoxy) is 1. The van der Waals surface area contributed by atoms with Crippen LogP contribution in [-0.2, 0) is 9.59 Å². The number of phenols is 1. The summed E-state index contributed by atoms with van der Waals surface area (Å²) in [6.45, 7) is 0. The van der Waals surface area contributed by atoms with Crippen molar-refractivity contribution in [2.24, 2.45) is 5.10 Å². The standard InChI is InChI=1S/C22H21N3O4/c1-29-20-13-15(9-10-19(20)26)14-23-25-22(28)12-11-21(27)24-18-8-4-6-16-5-2-3-7-17(16)18/h2-10,13-14,26H,11-12H2,1H3,(H,24,27)(H,25,28)/b23-14+. The Bertz CT molecular complexity index is 1060. The maximum Gasteiger partial charge on any atom is 0.240 e. The minimum absolute atomic E-state index is 0.00678. The number of aromatic hydroxyl groups is 1. The molecule has 0 spiro atoms. The number of phenolic OH excluding ortho intramolecular Hbond substituents is 1. The van der Waals surface area contributed by atoms with E-state index in [1.807, 2.05) is 42.5 Å². The van der Waals surface area contributed by atoms with Crippen molar-refractivity contribution in [3.63, 3.8) is 0 Å². The Balaban J connectivity index is 1.49. The fraction of sp³-hybridized carbons (Fsp3) is 0.136. The molecular weight excluding hydrogens is 370 g/mol. The van der Waals surface area contributed by atoms with Gasteiger partial charge in [-0.2, -0.15) is 5.10 Å². The molecule has 0 aliphatic rings. The Hall–Kier alpha value is -3.87. The molecule has 3 rings (SSSR count). The molecule has 3 N–H and O–H groups in total. The maximum atomic E-state index is 12.2. The predicted molar refractivity (Wildman–Crippen MR) is 112 cm³/mol. The van der Waals surface area contributed by atoms with Crippen LogP contribution in [0.4, 0.5) is 5.69 Å². The van der Waals surface area contributed by atoms with Crippen LogP contribution in [0.2, 0.25) is 0 Å². The second-order valence-electron chi connectivity index (χ2n) is 6.30. The Kier molecular flexibility index (Phi) is 6.42. The number of methoxy groups -OCH3 is 1. The number of hydrogen-bond donors (Lipinski definition) is 3. The number of amides is 2. The van der Waals surface area contributed by atoms with E-state index in [2.05, 4.69) is 15.8 Å². The summed E-state index contributed by atoms with van der Waals surface area (Å²) in [7, 11) is 1.45. The molecule has 7 nitrogen and oxygen atoms in total. The van der Waals surface area contributed by atoms with Gasteiger partial charge in [-0.3, -0.25) is 9.59 Å². The minimum atomic E-state index is -0.375. The summed E-state index contributed by atoms with van der Waals surface area (Å²) < 4.78 is 5.01. The number of nitrogens with one attached hydrogen (secondary N) is 2. The molecule has 3 aromatic carbocycles. The Morgan fingerprint density at radius 2 is 1.79 bits per heavy atom. The first kappa shape index (κ1) is 19.9. The molecule has 0 unspecified atom stereocenters. The van der Waals surface area contributed by atoms with Crippen LogP contribution >= 0.6 is 0 Å². The van der Waals surface area contributed by atoms with Crippen LogP contribution in [0, 0.1) is 0 Å². The largest absolute Gasteiger partial charge is 0.504 e. The molecule has 0 bridgehead atoms. The van der Waals surface area contributed by atoms with E-state index in [0.717, 1.165) is 10.8 Å². The topological polar surface area (TPSA) is 100 Å². The van der Waals surface area contributed by atoms with Gasteiger partial charge in [0.15, 0.2) is 11.5 Å². The molecule has 0 saturated carbocycles. The van der Waals surface area contributed by atoms with E-state index in [1.165, 1.54) is 19.4 Å². The highest BCUT2D eigenvalue weighted by Gasteiger charge is 2.08. The lowest BCUT2D eigenvalue weighted by Gasteiger charge is -2.08. The highest BCUT2D eigenvalue weighted by Crippen LogP contribution is 2.25. The van der Waals surface area contributed by atoms with Crippen molar-refractivity contribution in [1.29, 1.82) is 0 Å². The van der Waals surface area contributed by atoms with Gasteiger partial charge in [-0.05, 0) is 35.2 Å². The first-order valence-electron chi connectivity index (χ1n) is 9.03. The maximum absolute atomic E-state index is 12.2. The van der Waals surface area contributed by atoms with Crippen LogP contribution in [0.3, 0.4) is 0 Å². The minimum Gasteiger partial charge on any atom is -0.504 e. The SMILES string of the molecule is COc1cc(/C=N/NC(=O)CCC(=O)Nc2cccc3ccccc23)ccc1O. The van der Waals surface area contributed by atoms with E-state index in [0.29, 0.717) is 17.0 Å². The average molecular weight is 391 g/mol. The summed E-state index contributed by atoms with van der Waals surface area (Å²) >= 11 is 0. The van der Waals surface area contributed by atoms with Gasteiger partial charge in [-0.15, -0.1) is 0 Å². The summed E-state index contributed by atoms with van der Waals surface area (Å²) in [5.41, 5.74) is 3.74. The zero-order chi connectivity index (χ0) is 20.6. The van der Waals surface area contributed by atoms with Gasteiger partial charge >= 0.3 is 0 Å². The number of carbonyl (C=O) groups is 2. The summed E-state index contributed by atoms with van der Waals surface area (Å²) in [5, 5.41) is 18.2. The number of anilines is 1. The third-order valence-corrected chi connectivity index (χ3v) is 4.25. The number of rotatable bonds is 7. The van der Waals surface area contributed by atoms with Crippen LogP contribution in [0.15, 0.2) is 65.8 Å². The van der Waals surface area contributed by atoms with Gasteiger partial charge < -0.3 is 15.2 Å². The highest BCUT2D eigenvalue weighted by molar-refractivity contribution is 6.02. The van der Waals surface area contributed by atoms with E-state index in [-0.39, 0.29) is 30.4 Å². The van der Waals surface area contributed by atoms with Crippen molar-refractivity contribution < 1.29 is 19.4 Å². The number of nitrogens with zero attached hydrogens (tertiary/aromatic N) is 1. The Morgan fingerprint density at radius 1 is 1.03 bits per heavy atom. The van der Waals surface area contributed by atoms with Crippen molar-refractivity contribution in [2.75, 3.05) is 12.4 Å². The molecule has 3 aromatic rings. The van der Waals surface area contributed by atoms with Crippen LogP contribution < -0.4 is 15.5 Å². The zero-order valence-corrected chi connectivity index (χ0v) is 15.9. The average Bonchev–Trinajstić information content (AvgIpc) is 2.74. The Labute approximate surface area is 168 Å². The van der Waals surface area contributed by atoms with Gasteiger partial charge in [-0.1, -0.05) is 36.4 Å². The van der Waals surface area contributed by atoms with Gasteiger partial charge in [0.2, 0.25) is 11.8 Å². The van der Waals surface area contributed by atoms with Crippen molar-refractivity contribution in [3.05, 3.63) is 66.2 Å². The normalized spacial score (nSPS) is 10.8. The first-order chi connectivity index (χ1) is 14.1. The van der Waals surface area contributed by atoms with Crippen LogP contribution in [-0.4, -0.2) is 30.2 Å². The second-order valence-corrected chi connectivity index (χ2v) is 6.30. The van der Waals surface area contributed by atoms with Crippen LogP contribution in [0.5, 0.6) is 11.5 Å². The van der Waals surface area contributed by atoms with Gasteiger partial charge in [0.05, 0.1) is 13.3 Å². The molecule has 0 radical (unpaired) electrons. The monoisotopic (exact) mass is 391 g/mol. The van der Waals surface area contributed by atoms with Crippen molar-refractivity contribution >= 4 is 34.5 Å². The van der Waals surface area contributed by atoms with Gasteiger partial charge in [-0.25, -0.2) is 5.43 Å². The van der Waals surface area contributed by atoms with Crippen molar-refractivity contribution in [1.82, 2.24) is 5.43 Å².